The highest BCUT2D eigenvalue weighted by atomic mass is 32.1. The molecule has 0 amide bonds. The Morgan fingerprint density at radius 2 is 2.18 bits per heavy atom. The Morgan fingerprint density at radius 3 is 2.68 bits per heavy atom. The molecule has 0 bridgehead atoms. The summed E-state index contributed by atoms with van der Waals surface area (Å²) >= 11 is 5.02. The van der Waals surface area contributed by atoms with Crippen LogP contribution in [0.2, 0.25) is 0 Å². The van der Waals surface area contributed by atoms with E-state index in [4.69, 9.17) is 21.7 Å². The van der Waals surface area contributed by atoms with Crippen molar-refractivity contribution in [1.82, 2.24) is 14.9 Å². The quantitative estimate of drug-likeness (QED) is 0.390. The number of aromatic nitrogens is 3. The first-order valence-electron chi connectivity index (χ1n) is 6.06. The van der Waals surface area contributed by atoms with E-state index in [9.17, 15) is 10.1 Å². The van der Waals surface area contributed by atoms with E-state index >= 15 is 0 Å². The van der Waals surface area contributed by atoms with E-state index < -0.39 is 4.92 Å². The third-order valence-electron chi connectivity index (χ3n) is 2.81. The molecule has 0 spiro atoms. The van der Waals surface area contributed by atoms with Gasteiger partial charge in [0.25, 0.3) is 0 Å². The highest BCUT2D eigenvalue weighted by Gasteiger charge is 2.21. The number of nitrogens with zero attached hydrogens (tertiary/aromatic N) is 4. The summed E-state index contributed by atoms with van der Waals surface area (Å²) in [6.07, 6.45) is 1.42. The van der Waals surface area contributed by atoms with Gasteiger partial charge in [0.15, 0.2) is 5.75 Å². The molecule has 0 unspecified atom stereocenters. The number of nitro groups is 1. The Morgan fingerprint density at radius 1 is 1.45 bits per heavy atom. The minimum absolute atomic E-state index is 0.0563. The number of benzene rings is 1. The number of nitrogens with one attached hydrogen (secondary N) is 1. The summed E-state index contributed by atoms with van der Waals surface area (Å²) in [5.41, 5.74) is 0.252. The van der Waals surface area contributed by atoms with Gasteiger partial charge in [-0.05, 0) is 25.2 Å². The van der Waals surface area contributed by atoms with Crippen LogP contribution in [0.5, 0.6) is 11.5 Å². The predicted molar refractivity (Wildman–Crippen MR) is 81.3 cm³/mol. The van der Waals surface area contributed by atoms with Gasteiger partial charge in [-0.3, -0.25) is 15.2 Å². The second kappa shape index (κ2) is 6.35. The minimum atomic E-state index is -0.548. The lowest BCUT2D eigenvalue weighted by Gasteiger charge is -2.08. The average Bonchev–Trinajstić information content (AvgIpc) is 2.82. The fourth-order valence-corrected chi connectivity index (χ4v) is 2.03. The lowest BCUT2D eigenvalue weighted by Crippen LogP contribution is -2.00. The molecular formula is C12H13N5O4S. The molecule has 0 aliphatic heterocycles. The second-order valence-corrected chi connectivity index (χ2v) is 4.55. The van der Waals surface area contributed by atoms with Gasteiger partial charge in [0.1, 0.15) is 5.82 Å². The highest BCUT2D eigenvalue weighted by molar-refractivity contribution is 7.71. The Labute approximate surface area is 130 Å². The van der Waals surface area contributed by atoms with Gasteiger partial charge in [-0.25, -0.2) is 0 Å². The molecule has 0 aliphatic rings. The molecule has 0 aliphatic carbocycles. The smallest absolute Gasteiger partial charge is 0.315 e. The molecular weight excluding hydrogens is 310 g/mol. The van der Waals surface area contributed by atoms with Gasteiger partial charge in [-0.2, -0.15) is 14.9 Å². The van der Waals surface area contributed by atoms with Crippen molar-refractivity contribution < 1.29 is 14.4 Å². The first-order chi connectivity index (χ1) is 10.5. The van der Waals surface area contributed by atoms with Crippen LogP contribution in [0.4, 0.5) is 5.69 Å². The van der Waals surface area contributed by atoms with Gasteiger partial charge < -0.3 is 9.47 Å². The van der Waals surface area contributed by atoms with Crippen molar-refractivity contribution in [2.75, 3.05) is 14.2 Å². The molecule has 0 atom stereocenters. The molecule has 22 heavy (non-hydrogen) atoms. The van der Waals surface area contributed by atoms with E-state index in [1.54, 1.807) is 13.0 Å². The van der Waals surface area contributed by atoms with Crippen molar-refractivity contribution in [2.24, 2.45) is 5.10 Å². The number of ether oxygens (including phenoxy) is 2. The van der Waals surface area contributed by atoms with E-state index in [-0.39, 0.29) is 17.2 Å². The van der Waals surface area contributed by atoms with Crippen molar-refractivity contribution in [3.63, 3.8) is 0 Å². The van der Waals surface area contributed by atoms with Gasteiger partial charge in [0.05, 0.1) is 25.4 Å². The molecule has 2 aromatic rings. The Hall–Kier alpha value is -2.75. The van der Waals surface area contributed by atoms with Crippen LogP contribution in [0.15, 0.2) is 17.2 Å². The molecule has 2 rings (SSSR count). The fraction of sp³-hybridized carbons (Fsp3) is 0.250. The summed E-state index contributed by atoms with van der Waals surface area (Å²) in [6.45, 7) is 1.72. The van der Waals surface area contributed by atoms with Crippen molar-refractivity contribution in [1.29, 1.82) is 0 Å². The van der Waals surface area contributed by atoms with Crippen LogP contribution in [0, 0.1) is 21.8 Å². The van der Waals surface area contributed by atoms with Crippen LogP contribution in [0.3, 0.4) is 0 Å². The van der Waals surface area contributed by atoms with E-state index in [2.05, 4.69) is 15.3 Å². The van der Waals surface area contributed by atoms with Crippen LogP contribution in [-0.2, 0) is 0 Å². The first kappa shape index (κ1) is 15.6. The molecule has 0 saturated carbocycles. The number of methoxy groups -OCH3 is 2. The van der Waals surface area contributed by atoms with Gasteiger partial charge in [-0.1, -0.05) is 0 Å². The third kappa shape index (κ3) is 2.96. The molecule has 1 aromatic carbocycles. The summed E-state index contributed by atoms with van der Waals surface area (Å²) in [5.74, 6) is 0.864. The topological polar surface area (TPSA) is 108 Å². The molecule has 1 aromatic heterocycles. The summed E-state index contributed by atoms with van der Waals surface area (Å²) in [6, 6.07) is 2.91. The van der Waals surface area contributed by atoms with Gasteiger partial charge >= 0.3 is 5.69 Å². The normalized spacial score (nSPS) is 10.9. The Balaban J connectivity index is 2.50. The summed E-state index contributed by atoms with van der Waals surface area (Å²) < 4.78 is 11.9. The van der Waals surface area contributed by atoms with E-state index in [0.717, 1.165) is 0 Å². The summed E-state index contributed by atoms with van der Waals surface area (Å²) in [5, 5.41) is 21.8. The lowest BCUT2D eigenvalue weighted by atomic mass is 10.2. The number of aryl methyl sites for hydroxylation is 1. The number of hydrogen-bond donors (Lipinski definition) is 1. The SMILES string of the molecule is COc1cc(/C=N\n2c(C)n[nH]c2=S)cc([N+](=O)[O-])c1OC. The number of H-pyrrole nitrogens is 1. The zero-order chi connectivity index (χ0) is 16.3. The predicted octanol–water partition coefficient (Wildman–Crippen LogP) is 2.06. The standard InChI is InChI=1S/C12H13N5O4S/c1-7-14-15-12(22)16(7)13-6-8-4-9(17(18)19)11(21-3)10(5-8)20-2/h4-6H,1-3H3,(H,15,22)/b13-6-. The molecule has 0 saturated heterocycles. The van der Waals surface area contributed by atoms with Crippen LogP contribution in [0.1, 0.15) is 11.4 Å². The van der Waals surface area contributed by atoms with Crippen LogP contribution >= 0.6 is 12.2 Å². The molecule has 0 radical (unpaired) electrons. The summed E-state index contributed by atoms with van der Waals surface area (Å²) in [4.78, 5) is 10.6. The van der Waals surface area contributed by atoms with E-state index in [1.165, 1.54) is 31.2 Å². The monoisotopic (exact) mass is 323 g/mol. The average molecular weight is 323 g/mol. The molecule has 1 heterocycles. The van der Waals surface area contributed by atoms with Crippen molar-refractivity contribution in [3.8, 4) is 11.5 Å². The third-order valence-corrected chi connectivity index (χ3v) is 3.08. The van der Waals surface area contributed by atoms with Crippen LogP contribution in [-0.4, -0.2) is 40.2 Å². The lowest BCUT2D eigenvalue weighted by molar-refractivity contribution is -0.385. The van der Waals surface area contributed by atoms with Gasteiger partial charge in [0.2, 0.25) is 10.5 Å². The van der Waals surface area contributed by atoms with E-state index in [0.29, 0.717) is 16.2 Å². The minimum Gasteiger partial charge on any atom is -0.493 e. The van der Waals surface area contributed by atoms with Crippen molar-refractivity contribution in [2.45, 2.75) is 6.92 Å². The maximum atomic E-state index is 11.1. The van der Waals surface area contributed by atoms with E-state index in [1.807, 2.05) is 0 Å². The number of aromatic amines is 1. The zero-order valence-corrected chi connectivity index (χ0v) is 12.9. The van der Waals surface area contributed by atoms with Crippen molar-refractivity contribution in [3.05, 3.63) is 38.4 Å². The van der Waals surface area contributed by atoms with Crippen LogP contribution < -0.4 is 9.47 Å². The molecule has 10 heteroatoms. The fourth-order valence-electron chi connectivity index (χ4n) is 1.81. The summed E-state index contributed by atoms with van der Waals surface area (Å²) in [7, 11) is 2.74. The number of hydrogen-bond acceptors (Lipinski definition) is 7. The molecule has 116 valence electrons. The Bertz CT molecular complexity index is 795. The second-order valence-electron chi connectivity index (χ2n) is 4.16. The maximum absolute atomic E-state index is 11.1. The molecule has 1 N–H and O–H groups in total. The molecule has 0 fully saturated rings. The van der Waals surface area contributed by atoms with Crippen molar-refractivity contribution >= 4 is 24.1 Å². The maximum Gasteiger partial charge on any atom is 0.315 e. The first-order valence-corrected chi connectivity index (χ1v) is 6.47. The highest BCUT2D eigenvalue weighted by Crippen LogP contribution is 2.37. The number of nitro benzene ring substituents is 1. The Kier molecular flexibility index (Phi) is 4.51. The molecule has 9 nitrogen and oxygen atoms in total. The number of rotatable bonds is 5. The van der Waals surface area contributed by atoms with Gasteiger partial charge in [-0.15, -0.1) is 0 Å². The van der Waals surface area contributed by atoms with Gasteiger partial charge in [0, 0.05) is 11.6 Å². The zero-order valence-electron chi connectivity index (χ0n) is 12.1. The largest absolute Gasteiger partial charge is 0.493 e. The van der Waals surface area contributed by atoms with Crippen LogP contribution in [0.25, 0.3) is 0 Å².